The standard InChI is InChI=1S/C36H38O19/c1-13-24(40)32(54-34(47)15-8-20(48-2)25(41)21(9-15)49-3)30(46)35(51-13)50-12-22-26(42)28(44)29(45)36(53-22)55-33-27(43)23-18(39)10-17(38)11-19(23)52-31(33)14-4-6-16(37)7-5-14/h4-11,13,22,24,26,28-30,32,35-42,44-46H,12H2,1-3H3/t13-,22+,24-,26+,28-,29+,30+,32+,35+,36-/m0/s1. The Hall–Kier alpha value is -5.38. The van der Waals surface area contributed by atoms with Crippen molar-refractivity contribution < 1.29 is 88.3 Å². The van der Waals surface area contributed by atoms with Gasteiger partial charge in [0.1, 0.15) is 64.8 Å². The van der Waals surface area contributed by atoms with Crippen LogP contribution in [0.5, 0.6) is 40.2 Å². The molecule has 55 heavy (non-hydrogen) atoms. The topological polar surface area (TPSA) is 294 Å². The second-order valence-electron chi connectivity index (χ2n) is 12.7. The molecule has 10 atom stereocenters. The lowest BCUT2D eigenvalue weighted by Gasteiger charge is -2.43. The molecule has 9 N–H and O–H groups in total. The van der Waals surface area contributed by atoms with Gasteiger partial charge in [0, 0.05) is 17.7 Å². The van der Waals surface area contributed by atoms with Crippen molar-refractivity contribution in [2.45, 2.75) is 68.3 Å². The summed E-state index contributed by atoms with van der Waals surface area (Å²) in [7, 11) is 2.49. The van der Waals surface area contributed by atoms with Gasteiger partial charge in [-0.15, -0.1) is 0 Å². The Morgan fingerprint density at radius 2 is 1.42 bits per heavy atom. The molecule has 2 aliphatic heterocycles. The highest BCUT2D eigenvalue weighted by Gasteiger charge is 2.49. The third-order valence-corrected chi connectivity index (χ3v) is 9.11. The Labute approximate surface area is 310 Å². The molecule has 0 unspecified atom stereocenters. The molecule has 2 saturated heterocycles. The average molecular weight is 775 g/mol. The lowest BCUT2D eigenvalue weighted by atomic mass is 9.98. The van der Waals surface area contributed by atoms with Gasteiger partial charge < -0.3 is 83.5 Å². The van der Waals surface area contributed by atoms with Gasteiger partial charge in [-0.05, 0) is 43.3 Å². The summed E-state index contributed by atoms with van der Waals surface area (Å²) in [6, 6.07) is 9.53. The van der Waals surface area contributed by atoms with Gasteiger partial charge in [0.05, 0.1) is 32.5 Å². The molecule has 0 bridgehead atoms. The Bertz CT molecular complexity index is 2060. The predicted octanol–water partition coefficient (Wildman–Crippen LogP) is 0.195. The van der Waals surface area contributed by atoms with Crippen LogP contribution in [0.15, 0.2) is 57.7 Å². The third-order valence-electron chi connectivity index (χ3n) is 9.11. The van der Waals surface area contributed by atoms with Crippen molar-refractivity contribution in [3.05, 3.63) is 64.3 Å². The number of hydrogen-bond donors (Lipinski definition) is 9. The van der Waals surface area contributed by atoms with E-state index in [2.05, 4.69) is 0 Å². The number of aliphatic hydroxyl groups excluding tert-OH is 5. The molecular weight excluding hydrogens is 736 g/mol. The minimum atomic E-state index is -1.99. The summed E-state index contributed by atoms with van der Waals surface area (Å²) in [6.07, 6.45) is -17.0. The quantitative estimate of drug-likeness (QED) is 0.0972. The molecule has 3 aromatic carbocycles. The first-order chi connectivity index (χ1) is 26.1. The molecule has 6 rings (SSSR count). The van der Waals surface area contributed by atoms with Gasteiger partial charge in [-0.3, -0.25) is 4.79 Å². The number of carbonyl (C=O) groups excluding carboxylic acids is 1. The summed E-state index contributed by atoms with van der Waals surface area (Å²) in [4.78, 5) is 26.9. The molecule has 0 spiro atoms. The van der Waals surface area contributed by atoms with E-state index in [9.17, 15) is 55.5 Å². The number of ether oxygens (including phenoxy) is 7. The molecule has 2 fully saturated rings. The SMILES string of the molecule is COc1cc(C(=O)O[C@@H]2[C@@H](O)[C@H](C)O[C@@H](OC[C@H]3O[C@@H](Oc4c(-c5ccc(O)cc5)oc5cc(O)cc(O)c5c4=O)[C@H](O)[C@@H](O)[C@@H]3O)[C@@H]2O)cc(OC)c1O. The van der Waals surface area contributed by atoms with E-state index in [0.717, 1.165) is 24.3 Å². The summed E-state index contributed by atoms with van der Waals surface area (Å²) >= 11 is 0. The van der Waals surface area contributed by atoms with Gasteiger partial charge in [-0.25, -0.2) is 4.79 Å². The summed E-state index contributed by atoms with van der Waals surface area (Å²) in [6.45, 7) is 0.718. The first kappa shape index (κ1) is 39.3. The van der Waals surface area contributed by atoms with Gasteiger partial charge >= 0.3 is 5.97 Å². The van der Waals surface area contributed by atoms with Crippen molar-refractivity contribution in [3.63, 3.8) is 0 Å². The summed E-state index contributed by atoms with van der Waals surface area (Å²) in [5.74, 6) is -3.82. The number of esters is 1. The lowest BCUT2D eigenvalue weighted by Crippen LogP contribution is -2.62. The van der Waals surface area contributed by atoms with Gasteiger partial charge in [0.2, 0.25) is 23.2 Å². The molecule has 4 aromatic rings. The summed E-state index contributed by atoms with van der Waals surface area (Å²) in [5, 5.41) is 94.4. The van der Waals surface area contributed by atoms with Crippen molar-refractivity contribution >= 4 is 16.9 Å². The first-order valence-corrected chi connectivity index (χ1v) is 16.6. The van der Waals surface area contributed by atoms with Crippen molar-refractivity contribution in [2.24, 2.45) is 0 Å². The van der Waals surface area contributed by atoms with E-state index in [4.69, 9.17) is 37.6 Å². The zero-order chi connectivity index (χ0) is 39.9. The molecule has 296 valence electrons. The van der Waals surface area contributed by atoms with E-state index in [0.29, 0.717) is 0 Å². The zero-order valence-corrected chi connectivity index (χ0v) is 29.2. The highest BCUT2D eigenvalue weighted by molar-refractivity contribution is 5.91. The molecule has 2 aliphatic rings. The normalized spacial score (nSPS) is 28.1. The van der Waals surface area contributed by atoms with Gasteiger partial charge in [-0.2, -0.15) is 0 Å². The van der Waals surface area contributed by atoms with E-state index in [1.54, 1.807) is 0 Å². The highest BCUT2D eigenvalue weighted by Crippen LogP contribution is 2.39. The molecule has 0 saturated carbocycles. The number of rotatable bonds is 10. The zero-order valence-electron chi connectivity index (χ0n) is 29.2. The molecule has 0 radical (unpaired) electrons. The van der Waals surface area contributed by atoms with Crippen LogP contribution in [0, 0.1) is 0 Å². The fraction of sp³-hybridized carbons (Fsp3) is 0.389. The Morgan fingerprint density at radius 3 is 2.05 bits per heavy atom. The number of methoxy groups -OCH3 is 2. The number of fused-ring (bicyclic) bond motifs is 1. The maximum Gasteiger partial charge on any atom is 0.338 e. The van der Waals surface area contributed by atoms with Crippen molar-refractivity contribution in [1.82, 2.24) is 0 Å². The molecule has 0 aliphatic carbocycles. The molecule has 1 aromatic heterocycles. The van der Waals surface area contributed by atoms with Crippen LogP contribution >= 0.6 is 0 Å². The smallest absolute Gasteiger partial charge is 0.338 e. The molecule has 3 heterocycles. The largest absolute Gasteiger partial charge is 0.508 e. The van der Waals surface area contributed by atoms with Crippen LogP contribution in [0.3, 0.4) is 0 Å². The highest BCUT2D eigenvalue weighted by atomic mass is 16.7. The fourth-order valence-corrected chi connectivity index (χ4v) is 6.11. The Kier molecular flexibility index (Phi) is 11.3. The number of carbonyl (C=O) groups is 1. The second kappa shape index (κ2) is 15.8. The number of phenols is 4. The first-order valence-electron chi connectivity index (χ1n) is 16.6. The van der Waals surface area contributed by atoms with Crippen LogP contribution in [0.1, 0.15) is 17.3 Å². The van der Waals surface area contributed by atoms with Gasteiger partial charge in [-0.1, -0.05) is 0 Å². The monoisotopic (exact) mass is 774 g/mol. The van der Waals surface area contributed by atoms with Crippen LogP contribution in [0.2, 0.25) is 0 Å². The Morgan fingerprint density at radius 1 is 0.764 bits per heavy atom. The molecule has 19 nitrogen and oxygen atoms in total. The maximum absolute atomic E-state index is 13.8. The Balaban J connectivity index is 1.22. The minimum Gasteiger partial charge on any atom is -0.508 e. The summed E-state index contributed by atoms with van der Waals surface area (Å²) in [5.41, 5.74) is -1.23. The molecular formula is C36H38O19. The predicted molar refractivity (Wildman–Crippen MR) is 183 cm³/mol. The van der Waals surface area contributed by atoms with Crippen molar-refractivity contribution in [1.29, 1.82) is 0 Å². The van der Waals surface area contributed by atoms with Crippen molar-refractivity contribution in [3.8, 4) is 51.6 Å². The van der Waals surface area contributed by atoms with Crippen LogP contribution in [0.4, 0.5) is 0 Å². The van der Waals surface area contributed by atoms with Crippen LogP contribution in [0.25, 0.3) is 22.3 Å². The van der Waals surface area contributed by atoms with Gasteiger partial charge in [0.15, 0.2) is 29.7 Å². The van der Waals surface area contributed by atoms with E-state index in [1.165, 1.54) is 45.4 Å². The minimum absolute atomic E-state index is 0.119. The van der Waals surface area contributed by atoms with Crippen LogP contribution in [-0.4, -0.2) is 134 Å². The number of benzene rings is 3. The third kappa shape index (κ3) is 7.64. The number of aromatic hydroxyl groups is 4. The average Bonchev–Trinajstić information content (AvgIpc) is 3.15. The number of phenolic OH excluding ortho intramolecular Hbond substituents is 4. The van der Waals surface area contributed by atoms with Gasteiger partial charge in [0.25, 0.3) is 0 Å². The van der Waals surface area contributed by atoms with E-state index in [-0.39, 0.29) is 45.5 Å². The summed E-state index contributed by atoms with van der Waals surface area (Å²) < 4.78 is 44.2. The number of aliphatic hydroxyl groups is 5. The number of hydrogen-bond acceptors (Lipinski definition) is 19. The van der Waals surface area contributed by atoms with E-state index in [1.807, 2.05) is 0 Å². The van der Waals surface area contributed by atoms with Crippen molar-refractivity contribution in [2.75, 3.05) is 20.8 Å². The molecule has 19 heteroatoms. The second-order valence-corrected chi connectivity index (χ2v) is 12.7. The van der Waals surface area contributed by atoms with E-state index < -0.39 is 102 Å². The van der Waals surface area contributed by atoms with Crippen LogP contribution in [-0.2, 0) is 18.9 Å². The van der Waals surface area contributed by atoms with E-state index >= 15 is 0 Å². The van der Waals surface area contributed by atoms with Crippen LogP contribution < -0.4 is 19.6 Å². The lowest BCUT2D eigenvalue weighted by molar-refractivity contribution is -0.318. The fourth-order valence-electron chi connectivity index (χ4n) is 6.11. The maximum atomic E-state index is 13.8. The molecule has 0 amide bonds.